The number of nitrogens with two attached hydrogens (primary N) is 1. The molecule has 0 fully saturated rings. The second-order valence-corrected chi connectivity index (χ2v) is 4.84. The number of hydrogen-bond acceptors (Lipinski definition) is 6. The molecule has 118 valence electrons. The SMILES string of the molecule is NC(=O)CSc1c([O-])on[n+]1-c1ccc(OC(F)(F)F)cc1. The third-order valence-electron chi connectivity index (χ3n) is 2.24. The van der Waals surface area contributed by atoms with Gasteiger partial charge >= 0.3 is 6.36 Å². The number of thioether (sulfide) groups is 1. The maximum atomic E-state index is 12.1. The number of carbonyl (C=O) groups excluding carboxylic acids is 1. The molecule has 0 spiro atoms. The minimum Gasteiger partial charge on any atom is -0.538 e. The highest BCUT2D eigenvalue weighted by Crippen LogP contribution is 2.25. The van der Waals surface area contributed by atoms with E-state index in [1.165, 1.54) is 12.1 Å². The van der Waals surface area contributed by atoms with Gasteiger partial charge in [0.2, 0.25) is 11.6 Å². The van der Waals surface area contributed by atoms with Crippen molar-refractivity contribution in [2.75, 3.05) is 5.75 Å². The molecule has 0 radical (unpaired) electrons. The number of primary amides is 1. The van der Waals surface area contributed by atoms with E-state index >= 15 is 0 Å². The number of amides is 1. The molecule has 0 aliphatic carbocycles. The Morgan fingerprint density at radius 1 is 1.41 bits per heavy atom. The average molecular weight is 335 g/mol. The molecular weight excluding hydrogens is 327 g/mol. The fourth-order valence-corrected chi connectivity index (χ4v) is 2.15. The third-order valence-corrected chi connectivity index (χ3v) is 3.28. The van der Waals surface area contributed by atoms with Crippen molar-refractivity contribution in [1.29, 1.82) is 0 Å². The summed E-state index contributed by atoms with van der Waals surface area (Å²) in [6.07, 6.45) is -4.80. The second-order valence-electron chi connectivity index (χ2n) is 3.87. The lowest BCUT2D eigenvalue weighted by molar-refractivity contribution is -0.705. The van der Waals surface area contributed by atoms with Gasteiger partial charge < -0.3 is 20.1 Å². The molecule has 2 aromatic rings. The number of ether oxygens (including phenoxy) is 1. The van der Waals surface area contributed by atoms with Gasteiger partial charge in [-0.25, -0.2) is 0 Å². The highest BCUT2D eigenvalue weighted by molar-refractivity contribution is 7.99. The Morgan fingerprint density at radius 3 is 2.59 bits per heavy atom. The molecule has 1 aromatic heterocycles. The normalized spacial score (nSPS) is 11.4. The molecule has 0 saturated carbocycles. The van der Waals surface area contributed by atoms with E-state index in [0.29, 0.717) is 0 Å². The van der Waals surface area contributed by atoms with Gasteiger partial charge in [0.25, 0.3) is 5.03 Å². The van der Waals surface area contributed by atoms with Crippen LogP contribution in [0.3, 0.4) is 0 Å². The van der Waals surface area contributed by atoms with Gasteiger partial charge in [-0.2, -0.15) is 0 Å². The van der Waals surface area contributed by atoms with Crippen LogP contribution in [0.5, 0.6) is 11.7 Å². The van der Waals surface area contributed by atoms with Crippen LogP contribution in [0, 0.1) is 0 Å². The van der Waals surface area contributed by atoms with Crippen LogP contribution in [0.25, 0.3) is 5.69 Å². The summed E-state index contributed by atoms with van der Waals surface area (Å²) in [4.78, 5) is 10.7. The predicted octanol–water partition coefficient (Wildman–Crippen LogP) is 0.501. The number of alkyl halides is 3. The molecule has 1 amide bonds. The van der Waals surface area contributed by atoms with Crippen molar-refractivity contribution in [3.63, 3.8) is 0 Å². The molecule has 1 aromatic carbocycles. The van der Waals surface area contributed by atoms with Crippen LogP contribution in [0.15, 0.2) is 33.8 Å². The molecule has 0 unspecified atom stereocenters. The Bertz CT molecular complexity index is 672. The molecule has 0 bridgehead atoms. The highest BCUT2D eigenvalue weighted by Gasteiger charge is 2.31. The lowest BCUT2D eigenvalue weighted by Crippen LogP contribution is -2.35. The highest BCUT2D eigenvalue weighted by atomic mass is 32.2. The molecular formula is C11H8F3N3O4S. The van der Waals surface area contributed by atoms with Crippen molar-refractivity contribution in [3.05, 3.63) is 24.3 Å². The lowest BCUT2D eigenvalue weighted by atomic mass is 10.3. The van der Waals surface area contributed by atoms with Gasteiger partial charge in [-0.05, 0) is 28.6 Å². The van der Waals surface area contributed by atoms with Crippen molar-refractivity contribution in [2.45, 2.75) is 11.4 Å². The number of carbonyl (C=O) groups is 1. The van der Waals surface area contributed by atoms with Crippen molar-refractivity contribution in [3.8, 4) is 17.4 Å². The number of aromatic nitrogens is 2. The van der Waals surface area contributed by atoms with E-state index in [9.17, 15) is 23.1 Å². The smallest absolute Gasteiger partial charge is 0.538 e. The van der Waals surface area contributed by atoms with Gasteiger partial charge in [0.15, 0.2) is 5.95 Å². The Hall–Kier alpha value is -2.43. The molecule has 1 heterocycles. The fraction of sp³-hybridized carbons (Fsp3) is 0.182. The molecule has 11 heteroatoms. The monoisotopic (exact) mass is 335 g/mol. The van der Waals surface area contributed by atoms with Crippen molar-refractivity contribution in [2.24, 2.45) is 5.73 Å². The number of nitrogens with zero attached hydrogens (tertiary/aromatic N) is 2. The third kappa shape index (κ3) is 4.04. The van der Waals surface area contributed by atoms with E-state index in [4.69, 9.17) is 5.73 Å². The Morgan fingerprint density at radius 2 is 2.05 bits per heavy atom. The lowest BCUT2D eigenvalue weighted by Gasteiger charge is -2.07. The Labute approximate surface area is 125 Å². The fourth-order valence-electron chi connectivity index (χ4n) is 1.45. The summed E-state index contributed by atoms with van der Waals surface area (Å²) in [7, 11) is 0. The zero-order valence-electron chi connectivity index (χ0n) is 10.7. The van der Waals surface area contributed by atoms with Crippen LogP contribution in [0.4, 0.5) is 13.2 Å². The Balaban J connectivity index is 2.23. The minimum absolute atomic E-state index is 0.0247. The number of hydrogen-bond donors (Lipinski definition) is 1. The van der Waals surface area contributed by atoms with Crippen LogP contribution >= 0.6 is 11.8 Å². The Kier molecular flexibility index (Phi) is 4.45. The van der Waals surface area contributed by atoms with Crippen LogP contribution in [0.2, 0.25) is 0 Å². The molecule has 22 heavy (non-hydrogen) atoms. The molecule has 0 atom stereocenters. The van der Waals surface area contributed by atoms with Gasteiger partial charge in [-0.1, -0.05) is 0 Å². The summed E-state index contributed by atoms with van der Waals surface area (Å²) in [5.74, 6) is -2.03. The first-order valence-corrected chi connectivity index (χ1v) is 6.61. The molecule has 0 saturated heterocycles. The number of rotatable bonds is 5. The predicted molar refractivity (Wildman–Crippen MR) is 64.1 cm³/mol. The summed E-state index contributed by atoms with van der Waals surface area (Å²) in [6.45, 7) is 0. The van der Waals surface area contributed by atoms with Gasteiger partial charge in [0.1, 0.15) is 5.75 Å². The molecule has 2 rings (SSSR count). The quantitative estimate of drug-likeness (QED) is 0.630. The minimum atomic E-state index is -4.80. The van der Waals surface area contributed by atoms with Crippen LogP contribution < -0.4 is 20.3 Å². The van der Waals surface area contributed by atoms with Crippen LogP contribution in [0.1, 0.15) is 0 Å². The van der Waals surface area contributed by atoms with Crippen LogP contribution in [-0.4, -0.2) is 23.3 Å². The van der Waals surface area contributed by atoms with Crippen LogP contribution in [-0.2, 0) is 4.79 Å². The van der Waals surface area contributed by atoms with E-state index < -0.39 is 24.0 Å². The van der Waals surface area contributed by atoms with E-state index in [2.05, 4.69) is 14.5 Å². The van der Waals surface area contributed by atoms with Crippen molar-refractivity contribution in [1.82, 2.24) is 5.27 Å². The maximum absolute atomic E-state index is 12.1. The van der Waals surface area contributed by atoms with Crippen molar-refractivity contribution < 1.29 is 37.0 Å². The summed E-state index contributed by atoms with van der Waals surface area (Å²) < 4.78 is 45.4. The summed E-state index contributed by atoms with van der Waals surface area (Å²) in [5.41, 5.74) is 5.24. The zero-order valence-corrected chi connectivity index (χ0v) is 11.5. The van der Waals surface area contributed by atoms with Gasteiger partial charge in [0.05, 0.1) is 11.0 Å². The second kappa shape index (κ2) is 6.13. The maximum Gasteiger partial charge on any atom is 0.573 e. The van der Waals surface area contributed by atoms with E-state index in [1.54, 1.807) is 0 Å². The molecule has 0 aliphatic heterocycles. The first-order chi connectivity index (χ1) is 10.3. The zero-order chi connectivity index (χ0) is 16.3. The standard InChI is InChI=1S/C11H8F3N3O4S/c12-11(13,14)20-7-3-1-6(2-4-7)17-9(10(19)21-16-17)22-5-8(15)18/h1-4H,5H2,(H2-,15,16,18,19). The molecule has 0 aliphatic rings. The number of halogens is 3. The summed E-state index contributed by atoms with van der Waals surface area (Å²) in [5, 5.41) is 14.9. The topological polar surface area (TPSA) is 105 Å². The average Bonchev–Trinajstić information content (AvgIpc) is 2.77. The van der Waals surface area contributed by atoms with Gasteiger partial charge in [-0.3, -0.25) is 4.79 Å². The first kappa shape index (κ1) is 15.9. The number of benzene rings is 1. The van der Waals surface area contributed by atoms with Gasteiger partial charge in [-0.15, -0.1) is 13.2 Å². The molecule has 2 N–H and O–H groups in total. The van der Waals surface area contributed by atoms with E-state index in [-0.39, 0.29) is 16.5 Å². The first-order valence-electron chi connectivity index (χ1n) is 5.62. The largest absolute Gasteiger partial charge is 0.573 e. The van der Waals surface area contributed by atoms with Gasteiger partial charge in [0, 0.05) is 12.1 Å². The summed E-state index contributed by atoms with van der Waals surface area (Å²) >= 11 is 0.806. The molecule has 7 nitrogen and oxygen atoms in total. The summed E-state index contributed by atoms with van der Waals surface area (Å²) in [6, 6.07) is 4.60. The van der Waals surface area contributed by atoms with Crippen molar-refractivity contribution >= 4 is 17.7 Å². The van der Waals surface area contributed by atoms with E-state index in [1.807, 2.05) is 0 Å². The van der Waals surface area contributed by atoms with E-state index in [0.717, 1.165) is 28.6 Å².